The Labute approximate surface area is 185 Å². The first kappa shape index (κ1) is 20.7. The number of hydrogen-bond donors (Lipinski definition) is 1. The zero-order chi connectivity index (χ0) is 22.0. The molecule has 3 aromatic rings. The lowest BCUT2D eigenvalue weighted by Gasteiger charge is -2.16. The van der Waals surface area contributed by atoms with Crippen LogP contribution in [0, 0.1) is 6.92 Å². The van der Waals surface area contributed by atoms with Gasteiger partial charge < -0.3 is 10.1 Å². The molecular formula is C25H21ClN2O3. The van der Waals surface area contributed by atoms with Gasteiger partial charge in [-0.2, -0.15) is 0 Å². The van der Waals surface area contributed by atoms with Gasteiger partial charge in [0.05, 0.1) is 24.9 Å². The zero-order valence-corrected chi connectivity index (χ0v) is 17.9. The molecule has 0 aromatic heterocycles. The van der Waals surface area contributed by atoms with Crippen molar-refractivity contribution in [3.05, 3.63) is 100 Å². The van der Waals surface area contributed by atoms with Crippen molar-refractivity contribution in [2.45, 2.75) is 13.5 Å². The highest BCUT2D eigenvalue weighted by Gasteiger charge is 2.39. The third kappa shape index (κ3) is 4.18. The van der Waals surface area contributed by atoms with Crippen molar-refractivity contribution in [3.8, 4) is 5.75 Å². The second-order valence-corrected chi connectivity index (χ2v) is 7.70. The first-order valence-electron chi connectivity index (χ1n) is 9.80. The lowest BCUT2D eigenvalue weighted by molar-refractivity contribution is -0.137. The Morgan fingerprint density at radius 1 is 0.935 bits per heavy atom. The quantitative estimate of drug-likeness (QED) is 0.554. The Kier molecular flexibility index (Phi) is 5.78. The minimum atomic E-state index is -0.387. The topological polar surface area (TPSA) is 58.6 Å². The number of benzene rings is 3. The van der Waals surface area contributed by atoms with Crippen LogP contribution in [0.2, 0.25) is 5.02 Å². The Morgan fingerprint density at radius 2 is 1.65 bits per heavy atom. The van der Waals surface area contributed by atoms with E-state index >= 15 is 0 Å². The van der Waals surface area contributed by atoms with Crippen LogP contribution >= 0.6 is 11.6 Å². The van der Waals surface area contributed by atoms with Crippen molar-refractivity contribution in [2.24, 2.45) is 0 Å². The number of rotatable bonds is 6. The fraction of sp³-hybridized carbons (Fsp3) is 0.120. The lowest BCUT2D eigenvalue weighted by Crippen LogP contribution is -2.32. The molecule has 0 bridgehead atoms. The van der Waals surface area contributed by atoms with E-state index in [-0.39, 0.29) is 24.1 Å². The number of ether oxygens (including phenoxy) is 1. The predicted octanol–water partition coefficient (Wildman–Crippen LogP) is 5.05. The fourth-order valence-electron chi connectivity index (χ4n) is 3.53. The van der Waals surface area contributed by atoms with Gasteiger partial charge >= 0.3 is 0 Å². The molecule has 0 aliphatic carbocycles. The number of methoxy groups -OCH3 is 1. The van der Waals surface area contributed by atoms with Gasteiger partial charge in [-0.1, -0.05) is 60.1 Å². The summed E-state index contributed by atoms with van der Waals surface area (Å²) in [5, 5.41) is 3.77. The maximum Gasteiger partial charge on any atom is 0.278 e. The summed E-state index contributed by atoms with van der Waals surface area (Å²) in [4.78, 5) is 28.0. The largest absolute Gasteiger partial charge is 0.495 e. The van der Waals surface area contributed by atoms with Crippen LogP contribution in [0.4, 0.5) is 5.69 Å². The molecule has 1 aliphatic heterocycles. The fourth-order valence-corrected chi connectivity index (χ4v) is 3.66. The van der Waals surface area contributed by atoms with Gasteiger partial charge in [0, 0.05) is 5.02 Å². The van der Waals surface area contributed by atoms with E-state index in [2.05, 4.69) is 5.32 Å². The van der Waals surface area contributed by atoms with Gasteiger partial charge in [0.1, 0.15) is 11.4 Å². The highest BCUT2D eigenvalue weighted by Crippen LogP contribution is 2.34. The molecule has 4 rings (SSSR count). The normalized spacial score (nSPS) is 13.7. The summed E-state index contributed by atoms with van der Waals surface area (Å²) in [5.41, 5.74) is 3.68. The monoisotopic (exact) mass is 432 g/mol. The van der Waals surface area contributed by atoms with Crippen LogP contribution in [0.25, 0.3) is 5.57 Å². The summed E-state index contributed by atoms with van der Waals surface area (Å²) >= 11 is 5.97. The van der Waals surface area contributed by atoms with Crippen molar-refractivity contribution >= 4 is 34.7 Å². The van der Waals surface area contributed by atoms with Crippen molar-refractivity contribution in [2.75, 3.05) is 12.4 Å². The first-order chi connectivity index (χ1) is 15.0. The number of aryl methyl sites for hydroxylation is 1. The number of carbonyl (C=O) groups excluding carboxylic acids is 2. The minimum Gasteiger partial charge on any atom is -0.495 e. The number of nitrogens with zero attached hydrogens (tertiary/aromatic N) is 1. The lowest BCUT2D eigenvalue weighted by atomic mass is 10.0. The van der Waals surface area contributed by atoms with E-state index in [1.165, 1.54) is 4.90 Å². The van der Waals surface area contributed by atoms with Crippen LogP contribution < -0.4 is 10.1 Å². The molecule has 31 heavy (non-hydrogen) atoms. The van der Waals surface area contributed by atoms with Gasteiger partial charge in [-0.25, -0.2) is 0 Å². The summed E-state index contributed by atoms with van der Waals surface area (Å²) in [6.07, 6.45) is 0. The highest BCUT2D eigenvalue weighted by molar-refractivity contribution is 6.36. The van der Waals surface area contributed by atoms with E-state index in [1.54, 1.807) is 31.4 Å². The number of nitrogens with one attached hydrogen (secondary N) is 1. The van der Waals surface area contributed by atoms with E-state index in [0.717, 1.165) is 11.1 Å². The highest BCUT2D eigenvalue weighted by atomic mass is 35.5. The van der Waals surface area contributed by atoms with E-state index in [1.807, 2.05) is 55.5 Å². The smallest absolute Gasteiger partial charge is 0.278 e. The van der Waals surface area contributed by atoms with E-state index in [4.69, 9.17) is 16.3 Å². The van der Waals surface area contributed by atoms with Gasteiger partial charge in [-0.15, -0.1) is 0 Å². The average molecular weight is 433 g/mol. The maximum atomic E-state index is 13.4. The summed E-state index contributed by atoms with van der Waals surface area (Å²) in [7, 11) is 1.57. The number of hydrogen-bond acceptors (Lipinski definition) is 4. The van der Waals surface area contributed by atoms with Gasteiger partial charge in [-0.3, -0.25) is 14.5 Å². The standard InChI is InChI=1S/C25H21ClN2O3/c1-16-8-13-21(31-2)20(14-16)27-23-22(18-6-4-3-5-7-18)24(29)28(25(23)30)15-17-9-11-19(26)12-10-17/h3-14,27H,15H2,1-2H3. The molecule has 0 radical (unpaired) electrons. The number of halogens is 1. The molecule has 1 aliphatic rings. The molecule has 0 fully saturated rings. The molecule has 1 heterocycles. The summed E-state index contributed by atoms with van der Waals surface area (Å²) in [5.74, 6) is -0.149. The molecule has 0 unspecified atom stereocenters. The number of amides is 2. The predicted molar refractivity (Wildman–Crippen MR) is 122 cm³/mol. The molecule has 2 amide bonds. The van der Waals surface area contributed by atoms with Gasteiger partial charge in [0.2, 0.25) is 0 Å². The van der Waals surface area contributed by atoms with Crippen LogP contribution in [-0.2, 0) is 16.1 Å². The van der Waals surface area contributed by atoms with Gasteiger partial charge in [-0.05, 0) is 47.9 Å². The molecule has 6 heteroatoms. The summed E-state index contributed by atoms with van der Waals surface area (Å²) in [6.45, 7) is 2.10. The summed E-state index contributed by atoms with van der Waals surface area (Å²) in [6, 6.07) is 21.9. The molecule has 0 spiro atoms. The van der Waals surface area contributed by atoms with Crippen LogP contribution in [-0.4, -0.2) is 23.8 Å². The molecular weight excluding hydrogens is 412 g/mol. The van der Waals surface area contributed by atoms with Crippen molar-refractivity contribution in [1.29, 1.82) is 0 Å². The van der Waals surface area contributed by atoms with E-state index < -0.39 is 0 Å². The second-order valence-electron chi connectivity index (χ2n) is 7.27. The molecule has 0 saturated carbocycles. The van der Waals surface area contributed by atoms with Crippen molar-refractivity contribution in [3.63, 3.8) is 0 Å². The maximum absolute atomic E-state index is 13.4. The zero-order valence-electron chi connectivity index (χ0n) is 17.2. The second kappa shape index (κ2) is 8.66. The van der Waals surface area contributed by atoms with Crippen LogP contribution in [0.3, 0.4) is 0 Å². The van der Waals surface area contributed by atoms with Gasteiger partial charge in [0.15, 0.2) is 0 Å². The van der Waals surface area contributed by atoms with Crippen LogP contribution in [0.5, 0.6) is 5.75 Å². The van der Waals surface area contributed by atoms with E-state index in [0.29, 0.717) is 27.6 Å². The number of imide groups is 1. The van der Waals surface area contributed by atoms with Crippen molar-refractivity contribution in [1.82, 2.24) is 4.90 Å². The SMILES string of the molecule is COc1ccc(C)cc1NC1=C(c2ccccc2)C(=O)N(Cc2ccc(Cl)cc2)C1=O. The summed E-state index contributed by atoms with van der Waals surface area (Å²) < 4.78 is 5.44. The van der Waals surface area contributed by atoms with Crippen LogP contribution in [0.15, 0.2) is 78.5 Å². The molecule has 0 atom stereocenters. The molecule has 156 valence electrons. The number of carbonyl (C=O) groups is 2. The minimum absolute atomic E-state index is 0.154. The first-order valence-corrected chi connectivity index (χ1v) is 10.2. The third-order valence-electron chi connectivity index (χ3n) is 5.10. The van der Waals surface area contributed by atoms with E-state index in [9.17, 15) is 9.59 Å². The van der Waals surface area contributed by atoms with Gasteiger partial charge in [0.25, 0.3) is 11.8 Å². The molecule has 0 saturated heterocycles. The van der Waals surface area contributed by atoms with Crippen LogP contribution in [0.1, 0.15) is 16.7 Å². The Bertz CT molecular complexity index is 1170. The Morgan fingerprint density at radius 3 is 2.32 bits per heavy atom. The number of anilines is 1. The third-order valence-corrected chi connectivity index (χ3v) is 5.35. The Hall–Kier alpha value is -3.57. The van der Waals surface area contributed by atoms with Crippen molar-refractivity contribution < 1.29 is 14.3 Å². The molecule has 1 N–H and O–H groups in total. The molecule has 3 aromatic carbocycles. The Balaban J connectivity index is 1.75. The average Bonchev–Trinajstić information content (AvgIpc) is 3.00. The molecule has 5 nitrogen and oxygen atoms in total.